The summed E-state index contributed by atoms with van der Waals surface area (Å²) in [5, 5.41) is 4.05. The van der Waals surface area contributed by atoms with Gasteiger partial charge in [-0.1, -0.05) is 35.5 Å². The molecule has 1 atom stereocenters. The van der Waals surface area contributed by atoms with Crippen molar-refractivity contribution in [2.75, 3.05) is 11.5 Å². The van der Waals surface area contributed by atoms with Crippen LogP contribution in [0.15, 0.2) is 57.5 Å². The molecule has 1 saturated heterocycles. The van der Waals surface area contributed by atoms with Gasteiger partial charge in [-0.15, -0.1) is 0 Å². The van der Waals surface area contributed by atoms with E-state index < -0.39 is 9.84 Å². The molecular weight excluding hydrogens is 392 g/mol. The first-order chi connectivity index (χ1) is 13.9. The van der Waals surface area contributed by atoms with Gasteiger partial charge in [0.15, 0.2) is 9.84 Å². The largest absolute Gasteiger partial charge is 0.464 e. The number of rotatable bonds is 6. The topological polar surface area (TPSA) is 93.6 Å². The van der Waals surface area contributed by atoms with E-state index in [1.807, 2.05) is 43.3 Å². The predicted molar refractivity (Wildman–Crippen MR) is 107 cm³/mol. The van der Waals surface area contributed by atoms with Gasteiger partial charge in [-0.05, 0) is 25.5 Å². The number of aryl methyl sites for hydroxylation is 1. The van der Waals surface area contributed by atoms with Crippen LogP contribution in [0.4, 0.5) is 0 Å². The minimum absolute atomic E-state index is 0.00999. The monoisotopic (exact) mass is 414 g/mol. The van der Waals surface area contributed by atoms with Crippen molar-refractivity contribution in [1.82, 2.24) is 10.1 Å². The SMILES string of the molecule is Cc1ccc(CN(C(=O)Cc2cc(-c3ccccc3)no2)C2CCS(=O)(=O)C2)o1. The number of furan rings is 1. The van der Waals surface area contributed by atoms with E-state index in [2.05, 4.69) is 5.16 Å². The lowest BCUT2D eigenvalue weighted by Gasteiger charge is -2.27. The maximum atomic E-state index is 13.1. The summed E-state index contributed by atoms with van der Waals surface area (Å²) in [5.41, 5.74) is 1.56. The summed E-state index contributed by atoms with van der Waals surface area (Å²) in [6.45, 7) is 2.06. The zero-order valence-corrected chi connectivity index (χ0v) is 16.9. The van der Waals surface area contributed by atoms with Crippen LogP contribution in [0, 0.1) is 6.92 Å². The first-order valence-corrected chi connectivity index (χ1v) is 11.3. The summed E-state index contributed by atoms with van der Waals surface area (Å²) in [6.07, 6.45) is 0.440. The van der Waals surface area contributed by atoms with Crippen LogP contribution in [0.2, 0.25) is 0 Å². The van der Waals surface area contributed by atoms with E-state index in [1.165, 1.54) is 0 Å². The maximum absolute atomic E-state index is 13.1. The van der Waals surface area contributed by atoms with Crippen LogP contribution in [0.5, 0.6) is 0 Å². The minimum Gasteiger partial charge on any atom is -0.464 e. The Bertz CT molecular complexity index is 1100. The van der Waals surface area contributed by atoms with Crippen molar-refractivity contribution in [1.29, 1.82) is 0 Å². The highest BCUT2D eigenvalue weighted by Crippen LogP contribution is 2.23. The Morgan fingerprint density at radius 3 is 2.62 bits per heavy atom. The first-order valence-electron chi connectivity index (χ1n) is 9.46. The average Bonchev–Trinajstić information content (AvgIpc) is 3.41. The Morgan fingerprint density at radius 2 is 1.97 bits per heavy atom. The van der Waals surface area contributed by atoms with Gasteiger partial charge in [0, 0.05) is 17.7 Å². The molecule has 0 radical (unpaired) electrons. The summed E-state index contributed by atoms with van der Waals surface area (Å²) in [4.78, 5) is 14.7. The molecule has 2 aromatic heterocycles. The zero-order valence-electron chi connectivity index (χ0n) is 16.1. The third-order valence-electron chi connectivity index (χ3n) is 5.05. The van der Waals surface area contributed by atoms with Crippen LogP contribution < -0.4 is 0 Å². The van der Waals surface area contributed by atoms with Gasteiger partial charge < -0.3 is 13.8 Å². The molecule has 0 aliphatic carbocycles. The fraction of sp³-hybridized carbons (Fsp3) is 0.333. The summed E-state index contributed by atoms with van der Waals surface area (Å²) >= 11 is 0. The molecule has 1 aliphatic rings. The zero-order chi connectivity index (χ0) is 20.4. The maximum Gasteiger partial charge on any atom is 0.230 e. The molecule has 7 nitrogen and oxygen atoms in total. The summed E-state index contributed by atoms with van der Waals surface area (Å²) in [5.74, 6) is 1.67. The van der Waals surface area contributed by atoms with Crippen LogP contribution in [-0.4, -0.2) is 41.9 Å². The second kappa shape index (κ2) is 7.87. The molecule has 152 valence electrons. The molecule has 3 heterocycles. The second-order valence-electron chi connectivity index (χ2n) is 7.31. The molecule has 1 unspecified atom stereocenters. The standard InChI is InChI=1S/C21H22N2O5S/c1-15-7-8-18(27-15)13-23(17-9-10-29(25,26)14-17)21(24)12-19-11-20(22-28-19)16-5-3-2-4-6-16/h2-8,11,17H,9-10,12-14H2,1H3. The van der Waals surface area contributed by atoms with E-state index in [9.17, 15) is 13.2 Å². The number of nitrogens with zero attached hydrogens (tertiary/aromatic N) is 2. The summed E-state index contributed by atoms with van der Waals surface area (Å²) in [6, 6.07) is 14.6. The molecule has 1 aromatic carbocycles. The fourth-order valence-corrected chi connectivity index (χ4v) is 5.30. The lowest BCUT2D eigenvalue weighted by atomic mass is 10.1. The lowest BCUT2D eigenvalue weighted by Crippen LogP contribution is -2.41. The van der Waals surface area contributed by atoms with Gasteiger partial charge in [-0.2, -0.15) is 0 Å². The smallest absolute Gasteiger partial charge is 0.230 e. The molecule has 29 heavy (non-hydrogen) atoms. The van der Waals surface area contributed by atoms with E-state index in [4.69, 9.17) is 8.94 Å². The fourth-order valence-electron chi connectivity index (χ4n) is 3.57. The van der Waals surface area contributed by atoms with Crippen molar-refractivity contribution in [3.8, 4) is 11.3 Å². The highest BCUT2D eigenvalue weighted by atomic mass is 32.2. The van der Waals surface area contributed by atoms with Gasteiger partial charge in [-0.3, -0.25) is 4.79 Å². The molecule has 4 rings (SSSR count). The van der Waals surface area contributed by atoms with Crippen molar-refractivity contribution >= 4 is 15.7 Å². The molecule has 1 aliphatic heterocycles. The highest BCUT2D eigenvalue weighted by Gasteiger charge is 2.35. The van der Waals surface area contributed by atoms with Gasteiger partial charge >= 0.3 is 0 Å². The normalized spacial score (nSPS) is 18.0. The summed E-state index contributed by atoms with van der Waals surface area (Å²) in [7, 11) is -3.13. The molecule has 8 heteroatoms. The van der Waals surface area contributed by atoms with Crippen LogP contribution in [-0.2, 0) is 27.6 Å². The highest BCUT2D eigenvalue weighted by molar-refractivity contribution is 7.91. The molecule has 1 amide bonds. The van der Waals surface area contributed by atoms with Crippen molar-refractivity contribution in [2.24, 2.45) is 0 Å². The van der Waals surface area contributed by atoms with Crippen molar-refractivity contribution < 1.29 is 22.2 Å². The van der Waals surface area contributed by atoms with Crippen LogP contribution in [0.3, 0.4) is 0 Å². The van der Waals surface area contributed by atoms with Gasteiger partial charge in [0.05, 0.1) is 24.5 Å². The summed E-state index contributed by atoms with van der Waals surface area (Å²) < 4.78 is 34.9. The molecule has 0 bridgehead atoms. The molecule has 1 fully saturated rings. The van der Waals surface area contributed by atoms with Gasteiger partial charge in [0.1, 0.15) is 23.0 Å². The van der Waals surface area contributed by atoms with E-state index >= 15 is 0 Å². The van der Waals surface area contributed by atoms with E-state index in [1.54, 1.807) is 17.0 Å². The Hall–Kier alpha value is -2.87. The van der Waals surface area contributed by atoms with Crippen LogP contribution in [0.25, 0.3) is 11.3 Å². The number of hydrogen-bond acceptors (Lipinski definition) is 6. The Kier molecular flexibility index (Phi) is 5.27. The first kappa shape index (κ1) is 19.4. The van der Waals surface area contributed by atoms with Gasteiger partial charge in [0.25, 0.3) is 0 Å². The lowest BCUT2D eigenvalue weighted by molar-refractivity contribution is -0.133. The van der Waals surface area contributed by atoms with E-state index in [0.29, 0.717) is 23.6 Å². The molecule has 3 aromatic rings. The Labute approximate surface area is 169 Å². The number of benzene rings is 1. The molecule has 0 N–H and O–H groups in total. The van der Waals surface area contributed by atoms with Gasteiger partial charge in [-0.25, -0.2) is 8.42 Å². The predicted octanol–water partition coefficient (Wildman–Crippen LogP) is 3.00. The van der Waals surface area contributed by atoms with Crippen molar-refractivity contribution in [2.45, 2.75) is 32.4 Å². The quantitative estimate of drug-likeness (QED) is 0.616. The number of hydrogen-bond donors (Lipinski definition) is 0. The Balaban J connectivity index is 1.52. The average molecular weight is 414 g/mol. The molecule has 0 spiro atoms. The van der Waals surface area contributed by atoms with Crippen LogP contribution in [0.1, 0.15) is 23.7 Å². The minimum atomic E-state index is -3.13. The van der Waals surface area contributed by atoms with E-state index in [0.717, 1.165) is 11.3 Å². The molecular formula is C21H22N2O5S. The number of carbonyl (C=O) groups excluding carboxylic acids is 1. The third-order valence-corrected chi connectivity index (χ3v) is 6.80. The van der Waals surface area contributed by atoms with Crippen LogP contribution >= 0.6 is 0 Å². The number of carbonyl (C=O) groups is 1. The van der Waals surface area contributed by atoms with E-state index in [-0.39, 0.29) is 36.4 Å². The molecule has 0 saturated carbocycles. The van der Waals surface area contributed by atoms with Crippen molar-refractivity contribution in [3.63, 3.8) is 0 Å². The second-order valence-corrected chi connectivity index (χ2v) is 9.54. The number of aromatic nitrogens is 1. The number of amides is 1. The third kappa shape index (κ3) is 4.59. The van der Waals surface area contributed by atoms with Crippen molar-refractivity contribution in [3.05, 3.63) is 65.8 Å². The number of sulfone groups is 1. The Morgan fingerprint density at radius 1 is 1.17 bits per heavy atom. The van der Waals surface area contributed by atoms with Gasteiger partial charge in [0.2, 0.25) is 5.91 Å².